The molecule has 20 rings (SSSR count). The number of pyridine rings is 2. The molecule has 0 saturated heterocycles. The fraction of sp³-hybridized carbons (Fsp3) is 0.407. The van der Waals surface area contributed by atoms with Crippen molar-refractivity contribution in [2.75, 3.05) is 24.5 Å². The number of hydrogen-bond donors (Lipinski definition) is 3. The summed E-state index contributed by atoms with van der Waals surface area (Å²) in [5.74, 6) is 10.3. The Balaban J connectivity index is 0.000000127. The number of nitrogens with zero attached hydrogens (tertiary/aromatic N) is 14. The first-order valence-electron chi connectivity index (χ1n) is 37.0. The number of hydrogen-bond acceptors (Lipinski definition) is 15. The second-order valence-electron chi connectivity index (χ2n) is 28.6. The summed E-state index contributed by atoms with van der Waals surface area (Å²) in [7, 11) is 0. The van der Waals surface area contributed by atoms with Crippen molar-refractivity contribution in [2.45, 2.75) is 181 Å². The molecule has 5 aliphatic heterocycles. The number of nitrogens with one attached hydrogen (secondary N) is 3. The standard InChI is InChI=1S/C27H27N7O.C16H17N3O.C11H11BrN4.C9H8BrNO.C7H10N2.C5H6O2.C5H8O.CH3.W/c1-17-28-23(19-8-9-19)16-34(17)20-11-10-18-12-14-33(27(35)21(18)15-20)24-7-4-5-22(29-24)26-31-30-25-6-2-3-13-32(25)26;1-10-18-15(12-2-3-12)9-19(10)13-5-4-11-6-7-17-16(20)14(11)8-13;12-9-5-3-4-8(13-9)11-15-14-10-6-1-2-7-16(10)11;10-7-2-1-6-3-4-11-9(12)8(6)5-7;1-5-8-4-7(9-5)6-2-3-6;6-3-5(7)4-1-2-4;1-4(6)5-2-3-5;;/h4-5,7,10-11,15-16,19H,2-3,6,8-9,12-14H2,1H3;4-5,8-9,12H,2-3,6-7H2,1H3,(H,17,20);3-5H,1-2,6-7H2;1-2,5H,3-4H2,(H,11,12);4,6H,2-3H2,1H3,(H,8,9);3-4H,1-2H2;5H,2-3H2,1H3;1H3;/q;;;;;;;-1;. The minimum atomic E-state index is -0.222. The van der Waals surface area contributed by atoms with Gasteiger partial charge in [0, 0.05) is 153 Å². The molecule has 5 saturated carbocycles. The Kier molecular flexibility index (Phi) is 25.3. The van der Waals surface area contributed by atoms with Gasteiger partial charge in [0.25, 0.3) is 17.7 Å². The number of Topliss-reactive ketones (excluding diaryl/α,β-unsaturated/α-hetero) is 2. The van der Waals surface area contributed by atoms with Crippen LogP contribution in [0.2, 0.25) is 0 Å². The van der Waals surface area contributed by atoms with Crippen LogP contribution in [0.4, 0.5) is 5.82 Å². The molecule has 3 amide bonds. The van der Waals surface area contributed by atoms with E-state index in [1.807, 2.05) is 93.7 Å². The summed E-state index contributed by atoms with van der Waals surface area (Å²) < 4.78 is 10.3. The molecule has 12 heterocycles. The van der Waals surface area contributed by atoms with Crippen LogP contribution in [0.5, 0.6) is 0 Å². The molecule has 3 aromatic carbocycles. The van der Waals surface area contributed by atoms with Crippen LogP contribution >= 0.6 is 31.9 Å². The molecular formula is C81H90Br2N17O6W-. The molecule has 26 heteroatoms. The van der Waals surface area contributed by atoms with E-state index >= 15 is 0 Å². The molecule has 0 radical (unpaired) electrons. The molecule has 0 atom stereocenters. The quantitative estimate of drug-likeness (QED) is 0.0470. The predicted molar refractivity (Wildman–Crippen MR) is 411 cm³/mol. The Morgan fingerprint density at radius 3 is 1.54 bits per heavy atom. The zero-order valence-electron chi connectivity index (χ0n) is 61.2. The Morgan fingerprint density at radius 2 is 1.06 bits per heavy atom. The van der Waals surface area contributed by atoms with Gasteiger partial charge in [0.15, 0.2) is 23.7 Å². The Hall–Kier alpha value is -9.06. The van der Waals surface area contributed by atoms with E-state index < -0.39 is 0 Å². The summed E-state index contributed by atoms with van der Waals surface area (Å²) in [6.07, 6.45) is 27.7. The van der Waals surface area contributed by atoms with Gasteiger partial charge in [0.1, 0.15) is 56.7 Å². The third-order valence-electron chi connectivity index (χ3n) is 20.4. The number of ketones is 2. The smallest absolute Gasteiger partial charge is 0.259 e. The van der Waals surface area contributed by atoms with Crippen molar-refractivity contribution in [1.29, 1.82) is 0 Å². The Morgan fingerprint density at radius 1 is 0.542 bits per heavy atom. The van der Waals surface area contributed by atoms with Gasteiger partial charge in [-0.05, 0) is 230 Å². The molecule has 556 valence electrons. The zero-order chi connectivity index (χ0) is 72.8. The molecule has 107 heavy (non-hydrogen) atoms. The van der Waals surface area contributed by atoms with Gasteiger partial charge >= 0.3 is 0 Å². The number of benzene rings is 3. The first-order valence-corrected chi connectivity index (χ1v) is 38.6. The average molecular weight is 1740 g/mol. The van der Waals surface area contributed by atoms with Gasteiger partial charge in [-0.25, -0.2) is 24.9 Å². The molecular weight excluding hydrogens is 1650 g/mol. The van der Waals surface area contributed by atoms with Gasteiger partial charge in [0.2, 0.25) is 0 Å². The molecule has 0 spiro atoms. The number of carbonyl (C=O) groups is 6. The Bertz CT molecular complexity index is 4900. The largest absolute Gasteiger partial charge is 0.358 e. The van der Waals surface area contributed by atoms with E-state index in [2.05, 4.69) is 138 Å². The number of imidazole rings is 3. The maximum absolute atomic E-state index is 13.7. The fourth-order valence-corrected chi connectivity index (χ4v) is 14.4. The normalized spacial score (nSPS) is 16.9. The summed E-state index contributed by atoms with van der Waals surface area (Å²) in [5, 5.41) is 23.0. The van der Waals surface area contributed by atoms with E-state index in [1.54, 1.807) is 11.8 Å². The Labute approximate surface area is 654 Å². The second-order valence-corrected chi connectivity index (χ2v) is 30.3. The topological polar surface area (TPSA) is 281 Å². The number of aromatic amines is 1. The number of fused-ring (bicyclic) bond motifs is 5. The van der Waals surface area contributed by atoms with E-state index in [1.165, 1.54) is 62.8 Å². The number of halogens is 2. The van der Waals surface area contributed by atoms with E-state index in [4.69, 9.17) is 9.97 Å². The molecule has 23 nitrogen and oxygen atoms in total. The van der Waals surface area contributed by atoms with E-state index in [0.717, 1.165) is 214 Å². The van der Waals surface area contributed by atoms with Crippen LogP contribution in [0.15, 0.2) is 119 Å². The summed E-state index contributed by atoms with van der Waals surface area (Å²) in [4.78, 5) is 94.8. The van der Waals surface area contributed by atoms with Crippen molar-refractivity contribution in [2.24, 2.45) is 11.8 Å². The van der Waals surface area contributed by atoms with E-state index in [-0.39, 0.29) is 57.9 Å². The molecule has 5 fully saturated rings. The van der Waals surface area contributed by atoms with Crippen LogP contribution < -0.4 is 15.5 Å². The van der Waals surface area contributed by atoms with Crippen molar-refractivity contribution in [3.05, 3.63) is 206 Å². The molecule has 7 aromatic heterocycles. The van der Waals surface area contributed by atoms with Crippen molar-refractivity contribution < 1.29 is 49.8 Å². The first kappa shape index (κ1) is 77.6. The SMILES string of the molecule is Brc1cccc(-c2nnc3n2CCCC3)n1.CC(=O)C1CC1.Cc1nc(C2CC2)cn1-c1ccc2c(c1)C(=O)N(c1cccc(-c3nnc4n3CCCC4)n1)CC2.Cc1nc(C2CC2)cn1-c1ccc2c(c1)C(=O)NCC2.Cc1ncc(C2CC2)[nH]1.O=C1NCCc2ccc(Br)cc21.O=CC(=O)C1CC1.[CH3-].[W]. The molecule has 5 aliphatic carbocycles. The van der Waals surface area contributed by atoms with E-state index in [9.17, 15) is 28.8 Å². The summed E-state index contributed by atoms with van der Waals surface area (Å²) in [6, 6.07) is 29.8. The number of rotatable bonds is 11. The van der Waals surface area contributed by atoms with Gasteiger partial charge in [-0.15, -0.1) is 20.4 Å². The maximum atomic E-state index is 13.7. The van der Waals surface area contributed by atoms with Crippen molar-refractivity contribution in [3.63, 3.8) is 0 Å². The van der Waals surface area contributed by atoms with Crippen molar-refractivity contribution in [1.82, 2.24) is 79.2 Å². The minimum absolute atomic E-state index is 0. The van der Waals surface area contributed by atoms with Crippen LogP contribution in [0.25, 0.3) is 34.4 Å². The fourth-order valence-electron chi connectivity index (χ4n) is 13.6. The molecule has 10 aromatic rings. The van der Waals surface area contributed by atoms with Gasteiger partial charge in [-0.2, -0.15) is 0 Å². The maximum Gasteiger partial charge on any atom is 0.259 e. The van der Waals surface area contributed by atoms with Crippen LogP contribution in [-0.4, -0.2) is 124 Å². The van der Waals surface area contributed by atoms with Crippen LogP contribution in [0.1, 0.15) is 209 Å². The molecule has 10 aliphatic rings. The van der Waals surface area contributed by atoms with Crippen LogP contribution in [0, 0.1) is 40.0 Å². The van der Waals surface area contributed by atoms with Crippen molar-refractivity contribution in [3.8, 4) is 34.4 Å². The first-order chi connectivity index (χ1) is 51.0. The third kappa shape index (κ3) is 19.3. The summed E-state index contributed by atoms with van der Waals surface area (Å²) in [5.41, 5.74) is 13.0. The molecule has 0 bridgehead atoms. The molecule has 3 N–H and O–H groups in total. The van der Waals surface area contributed by atoms with Gasteiger partial charge in [-0.3, -0.25) is 33.7 Å². The number of anilines is 1. The van der Waals surface area contributed by atoms with Gasteiger partial charge in [-0.1, -0.05) is 46.3 Å². The zero-order valence-corrected chi connectivity index (χ0v) is 67.3. The number of amides is 3. The summed E-state index contributed by atoms with van der Waals surface area (Å²) >= 11 is 6.71. The predicted octanol–water partition coefficient (Wildman–Crippen LogP) is 14.0. The number of aldehydes is 1. The monoisotopic (exact) mass is 1740 g/mol. The number of aryl methyl sites for hydroxylation is 5. The van der Waals surface area contributed by atoms with Gasteiger partial charge < -0.3 is 41.3 Å². The van der Waals surface area contributed by atoms with E-state index in [0.29, 0.717) is 42.2 Å². The van der Waals surface area contributed by atoms with Crippen LogP contribution in [0.3, 0.4) is 0 Å². The summed E-state index contributed by atoms with van der Waals surface area (Å²) in [6.45, 7) is 11.7. The number of carbonyl (C=O) groups excluding carboxylic acids is 6. The third-order valence-corrected chi connectivity index (χ3v) is 21.4. The number of H-pyrrole nitrogens is 1. The molecule has 0 unspecified atom stereocenters. The van der Waals surface area contributed by atoms with Crippen LogP contribution in [-0.2, 0) is 80.6 Å². The number of aromatic nitrogens is 14. The average Bonchev–Trinajstić information content (AvgIpc) is 1.75. The van der Waals surface area contributed by atoms with Crippen molar-refractivity contribution >= 4 is 73.3 Å². The minimum Gasteiger partial charge on any atom is -0.358 e. The second kappa shape index (κ2) is 34.9. The van der Waals surface area contributed by atoms with Gasteiger partial charge in [0.05, 0.1) is 11.4 Å².